The maximum absolute atomic E-state index is 6.49. The van der Waals surface area contributed by atoms with Crippen LogP contribution in [0, 0.1) is 5.92 Å². The van der Waals surface area contributed by atoms with Crippen molar-refractivity contribution in [1.29, 1.82) is 0 Å². The number of ether oxygens (including phenoxy) is 1. The van der Waals surface area contributed by atoms with Crippen LogP contribution in [0.3, 0.4) is 0 Å². The van der Waals surface area contributed by atoms with Gasteiger partial charge in [-0.3, -0.25) is 4.98 Å². The molecule has 0 spiro atoms. The summed E-state index contributed by atoms with van der Waals surface area (Å²) in [6.07, 6.45) is 9.29. The first kappa shape index (κ1) is 13.6. The first-order valence-corrected chi connectivity index (χ1v) is 7.87. The molecule has 0 amide bonds. The van der Waals surface area contributed by atoms with Crippen molar-refractivity contribution in [1.82, 2.24) is 4.98 Å². The molecular weight excluding hydrogens is 296 g/mol. The highest BCUT2D eigenvalue weighted by molar-refractivity contribution is 6.32. The SMILES string of the molecule is COc1ccc(Cl)c2c1N[C@H](c1ccncc1)[C@@H]1CC=C[C@H]21. The Balaban J connectivity index is 1.87. The molecule has 2 aliphatic rings. The van der Waals surface area contributed by atoms with Crippen LogP contribution < -0.4 is 10.1 Å². The summed E-state index contributed by atoms with van der Waals surface area (Å²) < 4.78 is 5.54. The lowest BCUT2D eigenvalue weighted by Crippen LogP contribution is -2.29. The molecule has 1 aromatic carbocycles. The fraction of sp³-hybridized carbons (Fsp3) is 0.278. The summed E-state index contributed by atoms with van der Waals surface area (Å²) in [5.74, 6) is 1.65. The third-order valence-corrected chi connectivity index (χ3v) is 5.04. The maximum Gasteiger partial charge on any atom is 0.142 e. The molecular formula is C18H17ClN2O. The van der Waals surface area contributed by atoms with E-state index in [1.54, 1.807) is 7.11 Å². The number of hydrogen-bond donors (Lipinski definition) is 1. The maximum atomic E-state index is 6.49. The van der Waals surface area contributed by atoms with E-state index in [4.69, 9.17) is 16.3 Å². The van der Waals surface area contributed by atoms with E-state index in [1.165, 1.54) is 5.56 Å². The zero-order chi connectivity index (χ0) is 15.1. The van der Waals surface area contributed by atoms with Gasteiger partial charge in [-0.15, -0.1) is 0 Å². The smallest absolute Gasteiger partial charge is 0.142 e. The quantitative estimate of drug-likeness (QED) is 0.825. The average Bonchev–Trinajstić information content (AvgIpc) is 3.04. The van der Waals surface area contributed by atoms with Gasteiger partial charge in [-0.2, -0.15) is 0 Å². The van der Waals surface area contributed by atoms with Gasteiger partial charge in [0, 0.05) is 28.9 Å². The van der Waals surface area contributed by atoms with Crippen LogP contribution in [0.2, 0.25) is 5.02 Å². The number of anilines is 1. The molecule has 3 atom stereocenters. The van der Waals surface area contributed by atoms with Crippen molar-refractivity contribution in [2.45, 2.75) is 18.4 Å². The molecule has 1 aromatic heterocycles. The summed E-state index contributed by atoms with van der Waals surface area (Å²) in [7, 11) is 1.70. The molecule has 1 aliphatic carbocycles. The number of allylic oxidation sites excluding steroid dienone is 2. The average molecular weight is 313 g/mol. The fourth-order valence-electron chi connectivity index (χ4n) is 3.71. The highest BCUT2D eigenvalue weighted by Gasteiger charge is 2.40. The van der Waals surface area contributed by atoms with E-state index in [-0.39, 0.29) is 6.04 Å². The van der Waals surface area contributed by atoms with E-state index in [9.17, 15) is 0 Å². The van der Waals surface area contributed by atoms with E-state index in [0.29, 0.717) is 11.8 Å². The highest BCUT2D eigenvalue weighted by atomic mass is 35.5. The summed E-state index contributed by atoms with van der Waals surface area (Å²) in [5.41, 5.74) is 3.43. The van der Waals surface area contributed by atoms with Gasteiger partial charge in [0.15, 0.2) is 0 Å². The minimum atomic E-state index is 0.239. The molecule has 4 heteroatoms. The molecule has 22 heavy (non-hydrogen) atoms. The molecule has 0 fully saturated rings. The number of aromatic nitrogens is 1. The number of pyridine rings is 1. The molecule has 2 aromatic rings. The Hall–Kier alpha value is -2.00. The second kappa shape index (κ2) is 5.33. The molecule has 0 unspecified atom stereocenters. The lowest BCUT2D eigenvalue weighted by atomic mass is 9.77. The van der Waals surface area contributed by atoms with E-state index >= 15 is 0 Å². The molecule has 1 aliphatic heterocycles. The highest BCUT2D eigenvalue weighted by Crippen LogP contribution is 2.54. The van der Waals surface area contributed by atoms with Gasteiger partial charge in [0.25, 0.3) is 0 Å². The second-order valence-corrected chi connectivity index (χ2v) is 6.20. The van der Waals surface area contributed by atoms with Crippen LogP contribution in [0.15, 0.2) is 48.8 Å². The van der Waals surface area contributed by atoms with Gasteiger partial charge in [0.2, 0.25) is 0 Å². The van der Waals surface area contributed by atoms with Crippen LogP contribution in [0.25, 0.3) is 0 Å². The van der Waals surface area contributed by atoms with Crippen LogP contribution in [-0.2, 0) is 0 Å². The molecule has 0 bridgehead atoms. The van der Waals surface area contributed by atoms with Crippen molar-refractivity contribution in [3.8, 4) is 5.75 Å². The number of nitrogens with zero attached hydrogens (tertiary/aromatic N) is 1. The minimum absolute atomic E-state index is 0.239. The van der Waals surface area contributed by atoms with Gasteiger partial charge >= 0.3 is 0 Å². The number of benzene rings is 1. The second-order valence-electron chi connectivity index (χ2n) is 5.79. The Kier molecular flexibility index (Phi) is 3.30. The van der Waals surface area contributed by atoms with Crippen LogP contribution >= 0.6 is 11.6 Å². The summed E-state index contributed by atoms with van der Waals surface area (Å²) in [5, 5.41) is 4.47. The van der Waals surface area contributed by atoms with Crippen molar-refractivity contribution >= 4 is 17.3 Å². The Morgan fingerprint density at radius 2 is 2.05 bits per heavy atom. The van der Waals surface area contributed by atoms with E-state index in [0.717, 1.165) is 28.4 Å². The predicted molar refractivity (Wildman–Crippen MR) is 88.6 cm³/mol. The first-order valence-electron chi connectivity index (χ1n) is 7.49. The predicted octanol–water partition coefficient (Wildman–Crippen LogP) is 4.57. The summed E-state index contributed by atoms with van der Waals surface area (Å²) in [6.45, 7) is 0. The Morgan fingerprint density at radius 1 is 1.23 bits per heavy atom. The largest absolute Gasteiger partial charge is 0.495 e. The third kappa shape index (κ3) is 2.00. The van der Waals surface area contributed by atoms with E-state index in [1.807, 2.05) is 24.5 Å². The monoisotopic (exact) mass is 312 g/mol. The van der Waals surface area contributed by atoms with Crippen molar-refractivity contribution in [2.24, 2.45) is 5.92 Å². The van der Waals surface area contributed by atoms with E-state index in [2.05, 4.69) is 34.6 Å². The molecule has 0 saturated heterocycles. The van der Waals surface area contributed by atoms with Crippen molar-refractivity contribution in [3.05, 3.63) is 65.0 Å². The lowest BCUT2D eigenvalue weighted by molar-refractivity contribution is 0.397. The Bertz CT molecular complexity index is 729. The number of nitrogens with one attached hydrogen (secondary N) is 1. The van der Waals surface area contributed by atoms with Crippen molar-refractivity contribution in [2.75, 3.05) is 12.4 Å². The van der Waals surface area contributed by atoms with Crippen molar-refractivity contribution in [3.63, 3.8) is 0 Å². The molecule has 1 N–H and O–H groups in total. The molecule has 112 valence electrons. The van der Waals surface area contributed by atoms with Gasteiger partial charge in [0.05, 0.1) is 18.8 Å². The zero-order valence-electron chi connectivity index (χ0n) is 12.3. The first-order chi connectivity index (χ1) is 10.8. The van der Waals surface area contributed by atoms with E-state index < -0.39 is 0 Å². The normalized spacial score (nSPS) is 25.3. The number of rotatable bonds is 2. The van der Waals surface area contributed by atoms with Crippen molar-refractivity contribution < 1.29 is 4.74 Å². The van der Waals surface area contributed by atoms with Gasteiger partial charge in [-0.05, 0) is 42.2 Å². The molecule has 0 saturated carbocycles. The minimum Gasteiger partial charge on any atom is -0.495 e. The number of halogens is 1. The lowest BCUT2D eigenvalue weighted by Gasteiger charge is -2.38. The van der Waals surface area contributed by atoms with Gasteiger partial charge in [-0.25, -0.2) is 0 Å². The molecule has 3 nitrogen and oxygen atoms in total. The number of fused-ring (bicyclic) bond motifs is 3. The fourth-order valence-corrected chi connectivity index (χ4v) is 3.99. The van der Waals surface area contributed by atoms with Crippen LogP contribution in [0.4, 0.5) is 5.69 Å². The van der Waals surface area contributed by atoms with Gasteiger partial charge in [-0.1, -0.05) is 23.8 Å². The zero-order valence-corrected chi connectivity index (χ0v) is 13.0. The third-order valence-electron chi connectivity index (χ3n) is 4.71. The summed E-state index contributed by atoms with van der Waals surface area (Å²) >= 11 is 6.49. The molecule has 2 heterocycles. The number of hydrogen-bond acceptors (Lipinski definition) is 3. The van der Waals surface area contributed by atoms with Crippen LogP contribution in [0.1, 0.15) is 29.5 Å². The summed E-state index contributed by atoms with van der Waals surface area (Å²) in [4.78, 5) is 4.13. The summed E-state index contributed by atoms with van der Waals surface area (Å²) in [6, 6.07) is 8.25. The van der Waals surface area contributed by atoms with Gasteiger partial charge < -0.3 is 10.1 Å². The Labute approximate surface area is 135 Å². The Morgan fingerprint density at radius 3 is 2.82 bits per heavy atom. The molecule has 4 rings (SSSR count). The molecule has 0 radical (unpaired) electrons. The number of methoxy groups -OCH3 is 1. The van der Waals surface area contributed by atoms with Crippen LogP contribution in [-0.4, -0.2) is 12.1 Å². The van der Waals surface area contributed by atoms with Crippen LogP contribution in [0.5, 0.6) is 5.75 Å². The standard InChI is InChI=1S/C18H17ClN2O/c1-22-15-6-5-14(19)16-12-3-2-4-13(12)17(21-18(15)16)11-7-9-20-10-8-11/h2-3,5-10,12-13,17,21H,4H2,1H3/t12-,13+,17+/m0/s1. The topological polar surface area (TPSA) is 34.1 Å². The van der Waals surface area contributed by atoms with Gasteiger partial charge in [0.1, 0.15) is 5.75 Å².